The largest absolute Gasteiger partial charge is 0.373 e. The fourth-order valence-corrected chi connectivity index (χ4v) is 4.42. The molecule has 8 nitrogen and oxygen atoms in total. The van der Waals surface area contributed by atoms with Gasteiger partial charge in [0.15, 0.2) is 5.65 Å². The summed E-state index contributed by atoms with van der Waals surface area (Å²) in [6.45, 7) is 0.548. The first-order chi connectivity index (χ1) is 15.7. The molecule has 160 valence electrons. The number of hydrogen-bond acceptors (Lipinski definition) is 5. The molecule has 1 fully saturated rings. The molecule has 32 heavy (non-hydrogen) atoms. The number of nitrogens with one attached hydrogen (secondary N) is 1. The van der Waals surface area contributed by atoms with E-state index >= 15 is 0 Å². The molecule has 0 unspecified atom stereocenters. The number of rotatable bonds is 3. The maximum atomic E-state index is 13.8. The Balaban J connectivity index is 1.43. The van der Waals surface area contributed by atoms with Crippen molar-refractivity contribution in [1.82, 2.24) is 29.1 Å². The second kappa shape index (κ2) is 7.38. The van der Waals surface area contributed by atoms with Crippen LogP contribution in [0.2, 0.25) is 0 Å². The van der Waals surface area contributed by atoms with Crippen LogP contribution < -0.4 is 5.69 Å². The number of ether oxygens (including phenoxy) is 1. The van der Waals surface area contributed by atoms with Gasteiger partial charge in [0.2, 0.25) is 5.95 Å². The van der Waals surface area contributed by atoms with Crippen molar-refractivity contribution in [2.45, 2.75) is 25.0 Å². The molecule has 0 bridgehead atoms. The minimum Gasteiger partial charge on any atom is -0.373 e. The Kier molecular flexibility index (Phi) is 4.36. The van der Waals surface area contributed by atoms with Gasteiger partial charge in [-0.15, -0.1) is 0 Å². The van der Waals surface area contributed by atoms with Crippen molar-refractivity contribution < 1.29 is 9.13 Å². The van der Waals surface area contributed by atoms with Crippen molar-refractivity contribution in [3.05, 3.63) is 82.9 Å². The average Bonchev–Trinajstić information content (AvgIpc) is 3.39. The van der Waals surface area contributed by atoms with Gasteiger partial charge in [0, 0.05) is 18.7 Å². The van der Waals surface area contributed by atoms with Crippen molar-refractivity contribution in [3.63, 3.8) is 0 Å². The minimum atomic E-state index is -0.368. The highest BCUT2D eigenvalue weighted by Crippen LogP contribution is 2.34. The Morgan fingerprint density at radius 2 is 2.00 bits per heavy atom. The highest BCUT2D eigenvalue weighted by atomic mass is 19.1. The predicted octanol–water partition coefficient (Wildman–Crippen LogP) is 3.69. The lowest BCUT2D eigenvalue weighted by Gasteiger charge is -2.30. The number of halogens is 1. The van der Waals surface area contributed by atoms with Crippen molar-refractivity contribution in [1.29, 1.82) is 0 Å². The van der Waals surface area contributed by atoms with Crippen molar-refractivity contribution in [2.24, 2.45) is 0 Å². The van der Waals surface area contributed by atoms with Crippen LogP contribution in [0.4, 0.5) is 4.39 Å². The molecule has 2 atom stereocenters. The number of nitrogens with zero attached hydrogens (tertiary/aromatic N) is 5. The van der Waals surface area contributed by atoms with Crippen LogP contribution in [0.25, 0.3) is 28.1 Å². The van der Waals surface area contributed by atoms with Crippen LogP contribution >= 0.6 is 0 Å². The molecule has 0 spiro atoms. The van der Waals surface area contributed by atoms with E-state index in [0.717, 1.165) is 5.56 Å². The Morgan fingerprint density at radius 3 is 2.88 bits per heavy atom. The monoisotopic (exact) mass is 430 g/mol. The zero-order chi connectivity index (χ0) is 21.7. The standard InChI is InChI=1S/C23H19FN6O2/c24-15-6-7-17-19(10-15)29(13-26-17)22-25-12-18-21(28-22)30(23(31)27-18)16-8-9-32-20(11-16)14-4-2-1-3-5-14/h1-7,10,12-13,16,20H,8-9,11H2,(H,27,31)/t16-,20-/m1/s1. The Bertz CT molecular complexity index is 1490. The molecule has 3 aromatic heterocycles. The Morgan fingerprint density at radius 1 is 1.12 bits per heavy atom. The van der Waals surface area contributed by atoms with Gasteiger partial charge >= 0.3 is 5.69 Å². The van der Waals surface area contributed by atoms with Crippen LogP contribution in [0.1, 0.15) is 30.6 Å². The minimum absolute atomic E-state index is 0.0741. The van der Waals surface area contributed by atoms with Gasteiger partial charge in [0.1, 0.15) is 17.7 Å². The zero-order valence-electron chi connectivity index (χ0n) is 17.0. The van der Waals surface area contributed by atoms with Gasteiger partial charge in [-0.2, -0.15) is 4.98 Å². The van der Waals surface area contributed by atoms with E-state index in [4.69, 9.17) is 4.74 Å². The lowest BCUT2D eigenvalue weighted by Crippen LogP contribution is -2.29. The van der Waals surface area contributed by atoms with Crippen molar-refractivity contribution in [2.75, 3.05) is 6.61 Å². The molecular weight excluding hydrogens is 411 g/mol. The summed E-state index contributed by atoms with van der Waals surface area (Å²) in [6, 6.07) is 14.3. The summed E-state index contributed by atoms with van der Waals surface area (Å²) in [7, 11) is 0. The zero-order valence-corrected chi connectivity index (χ0v) is 17.0. The first-order valence-electron chi connectivity index (χ1n) is 10.4. The van der Waals surface area contributed by atoms with E-state index < -0.39 is 0 Å². The molecule has 4 heterocycles. The molecule has 1 aliphatic heterocycles. The van der Waals surface area contributed by atoms with Crippen LogP contribution in [0.5, 0.6) is 0 Å². The fourth-order valence-electron chi connectivity index (χ4n) is 4.42. The number of aromatic nitrogens is 6. The Labute approximate surface area is 181 Å². The van der Waals surface area contributed by atoms with Crippen molar-refractivity contribution >= 4 is 22.2 Å². The first kappa shape index (κ1) is 18.9. The summed E-state index contributed by atoms with van der Waals surface area (Å²) in [6.07, 6.45) is 4.41. The SMILES string of the molecule is O=c1[nH]c2cnc(-n3cnc4ccc(F)cc43)nc2n1[C@@H]1CCO[C@@H](c2ccccc2)C1. The highest BCUT2D eigenvalue weighted by Gasteiger charge is 2.28. The molecule has 2 aromatic carbocycles. The number of H-pyrrole nitrogens is 1. The van der Waals surface area contributed by atoms with Gasteiger partial charge in [0.05, 0.1) is 23.3 Å². The normalized spacial score (nSPS) is 19.0. The molecule has 1 N–H and O–H groups in total. The third-order valence-electron chi connectivity index (χ3n) is 5.96. The van der Waals surface area contributed by atoms with Crippen LogP contribution in [0.3, 0.4) is 0 Å². The summed E-state index contributed by atoms with van der Waals surface area (Å²) >= 11 is 0. The fraction of sp³-hybridized carbons (Fsp3) is 0.217. The maximum Gasteiger partial charge on any atom is 0.327 e. The average molecular weight is 430 g/mol. The first-order valence-corrected chi connectivity index (χ1v) is 10.4. The molecule has 9 heteroatoms. The second-order valence-electron chi connectivity index (χ2n) is 7.90. The summed E-state index contributed by atoms with van der Waals surface area (Å²) in [5.41, 5.74) is 3.12. The van der Waals surface area contributed by atoms with Crippen LogP contribution in [0, 0.1) is 5.82 Å². The molecule has 6 rings (SSSR count). The lowest BCUT2D eigenvalue weighted by molar-refractivity contribution is -0.00691. The molecular formula is C23H19FN6O2. The molecule has 0 aliphatic carbocycles. The quantitative estimate of drug-likeness (QED) is 0.471. The van der Waals surface area contributed by atoms with E-state index in [9.17, 15) is 9.18 Å². The van der Waals surface area contributed by atoms with Gasteiger partial charge in [0.25, 0.3) is 0 Å². The van der Waals surface area contributed by atoms with Crippen molar-refractivity contribution in [3.8, 4) is 5.95 Å². The predicted molar refractivity (Wildman–Crippen MR) is 116 cm³/mol. The van der Waals surface area contributed by atoms with Gasteiger partial charge in [-0.3, -0.25) is 9.13 Å². The number of imidazole rings is 2. The molecule has 0 amide bonds. The summed E-state index contributed by atoms with van der Waals surface area (Å²) < 4.78 is 23.1. The second-order valence-corrected chi connectivity index (χ2v) is 7.90. The summed E-state index contributed by atoms with van der Waals surface area (Å²) in [5.74, 6) is -0.0435. The lowest BCUT2D eigenvalue weighted by atomic mass is 9.97. The molecule has 0 radical (unpaired) electrons. The molecule has 1 saturated heterocycles. The summed E-state index contributed by atoms with van der Waals surface area (Å²) in [5, 5.41) is 0. The smallest absolute Gasteiger partial charge is 0.327 e. The number of aromatic amines is 1. The third-order valence-corrected chi connectivity index (χ3v) is 5.96. The number of benzene rings is 2. The Hall–Kier alpha value is -3.85. The van der Waals surface area contributed by atoms with E-state index in [2.05, 4.69) is 19.9 Å². The number of hydrogen-bond donors (Lipinski definition) is 1. The molecule has 5 aromatic rings. The highest BCUT2D eigenvalue weighted by molar-refractivity contribution is 5.77. The van der Waals surface area contributed by atoms with E-state index in [1.807, 2.05) is 30.3 Å². The van der Waals surface area contributed by atoms with Gasteiger partial charge in [-0.1, -0.05) is 30.3 Å². The van der Waals surface area contributed by atoms with E-state index in [1.54, 1.807) is 27.7 Å². The van der Waals surface area contributed by atoms with Gasteiger partial charge < -0.3 is 9.72 Å². The van der Waals surface area contributed by atoms with Crippen LogP contribution in [-0.2, 0) is 4.74 Å². The topological polar surface area (TPSA) is 90.6 Å². The number of fused-ring (bicyclic) bond motifs is 2. The third kappa shape index (κ3) is 3.09. The summed E-state index contributed by atoms with van der Waals surface area (Å²) in [4.78, 5) is 29.1. The van der Waals surface area contributed by atoms with Gasteiger partial charge in [-0.05, 0) is 30.5 Å². The molecule has 0 saturated carbocycles. The van der Waals surface area contributed by atoms with E-state index in [1.165, 1.54) is 12.1 Å². The van der Waals surface area contributed by atoms with Crippen LogP contribution in [0.15, 0.2) is 65.8 Å². The molecule has 1 aliphatic rings. The van der Waals surface area contributed by atoms with E-state index in [-0.39, 0.29) is 23.7 Å². The van der Waals surface area contributed by atoms with Crippen LogP contribution in [-0.4, -0.2) is 35.7 Å². The van der Waals surface area contributed by atoms with Gasteiger partial charge in [-0.25, -0.2) is 19.2 Å². The maximum absolute atomic E-state index is 13.8. The van der Waals surface area contributed by atoms with E-state index in [0.29, 0.717) is 47.6 Å².